The summed E-state index contributed by atoms with van der Waals surface area (Å²) >= 11 is 0. The fourth-order valence-electron chi connectivity index (χ4n) is 4.87. The van der Waals surface area contributed by atoms with E-state index >= 15 is 0 Å². The summed E-state index contributed by atoms with van der Waals surface area (Å²) in [6, 6.07) is 15.2. The number of rotatable bonds is 6. The van der Waals surface area contributed by atoms with Crippen LogP contribution in [0.4, 0.5) is 4.79 Å². The van der Waals surface area contributed by atoms with Crippen molar-refractivity contribution in [1.82, 2.24) is 10.6 Å². The summed E-state index contributed by atoms with van der Waals surface area (Å²) in [4.78, 5) is 37.0. The summed E-state index contributed by atoms with van der Waals surface area (Å²) in [5, 5.41) is 14.9. The van der Waals surface area contributed by atoms with Crippen molar-refractivity contribution in [2.45, 2.75) is 57.0 Å². The molecule has 0 saturated heterocycles. The molecule has 0 heterocycles. The van der Waals surface area contributed by atoms with Crippen LogP contribution in [0.1, 0.15) is 56.6 Å². The number of carbonyl (C=O) groups is 3. The summed E-state index contributed by atoms with van der Waals surface area (Å²) < 4.78 is 5.49. The lowest BCUT2D eigenvalue weighted by atomic mass is 9.77. The molecule has 0 aliphatic heterocycles. The third kappa shape index (κ3) is 4.58. The molecule has 0 unspecified atom stereocenters. The molecule has 174 valence electrons. The Morgan fingerprint density at radius 3 is 2.12 bits per heavy atom. The van der Waals surface area contributed by atoms with E-state index in [0.717, 1.165) is 35.1 Å². The van der Waals surface area contributed by atoms with Crippen LogP contribution in [0.5, 0.6) is 0 Å². The van der Waals surface area contributed by atoms with Crippen LogP contribution in [-0.4, -0.2) is 41.3 Å². The van der Waals surface area contributed by atoms with Crippen molar-refractivity contribution in [3.8, 4) is 11.1 Å². The summed E-state index contributed by atoms with van der Waals surface area (Å²) in [7, 11) is 0. The second-order valence-electron chi connectivity index (χ2n) is 9.25. The van der Waals surface area contributed by atoms with E-state index in [4.69, 9.17) is 4.74 Å². The molecule has 0 radical (unpaired) electrons. The van der Waals surface area contributed by atoms with Crippen LogP contribution in [0.25, 0.3) is 11.1 Å². The molecule has 0 spiro atoms. The number of carbonyl (C=O) groups excluding carboxylic acids is 2. The molecule has 1 saturated carbocycles. The van der Waals surface area contributed by atoms with Crippen molar-refractivity contribution in [3.05, 3.63) is 59.7 Å². The minimum atomic E-state index is -1.28. The van der Waals surface area contributed by atoms with Crippen molar-refractivity contribution in [1.29, 1.82) is 0 Å². The number of carboxylic acid groups (broad SMARTS) is 1. The highest BCUT2D eigenvalue weighted by Gasteiger charge is 2.43. The average Bonchev–Trinajstić information content (AvgIpc) is 3.13. The van der Waals surface area contributed by atoms with Gasteiger partial charge in [-0.1, -0.05) is 55.5 Å². The highest BCUT2D eigenvalue weighted by molar-refractivity contribution is 5.91. The molecule has 2 aliphatic carbocycles. The van der Waals surface area contributed by atoms with Crippen LogP contribution in [0.15, 0.2) is 48.5 Å². The fourth-order valence-corrected chi connectivity index (χ4v) is 4.87. The molecule has 3 N–H and O–H groups in total. The third-order valence-electron chi connectivity index (χ3n) is 6.97. The SMILES string of the molecule is CC1CCC(NC(=O)[C@@H](C)NC(=O)OCC2c3ccccc3-c3ccccc32)(C(=O)O)CC1. The van der Waals surface area contributed by atoms with Gasteiger partial charge in [0.15, 0.2) is 0 Å². The minimum absolute atomic E-state index is 0.0770. The first-order chi connectivity index (χ1) is 15.8. The third-order valence-corrected chi connectivity index (χ3v) is 6.97. The number of alkyl carbamates (subject to hydrolysis) is 1. The average molecular weight is 451 g/mol. The van der Waals surface area contributed by atoms with E-state index in [9.17, 15) is 19.5 Å². The highest BCUT2D eigenvalue weighted by atomic mass is 16.5. The number of ether oxygens (including phenoxy) is 1. The molecule has 1 atom stereocenters. The number of carboxylic acids is 1. The standard InChI is InChI=1S/C26H30N2O5/c1-16-11-13-26(14-12-16,24(30)31)28-23(29)17(2)27-25(32)33-15-22-20-9-5-3-7-18(20)19-8-4-6-10-21(19)22/h3-10,16-17,22H,11-15H2,1-2H3,(H,27,32)(H,28,29)(H,30,31)/t16?,17-,26?/m1/s1. The maximum absolute atomic E-state index is 12.7. The van der Waals surface area contributed by atoms with Crippen LogP contribution in [0.3, 0.4) is 0 Å². The summed E-state index contributed by atoms with van der Waals surface area (Å²) in [6.45, 7) is 3.75. The van der Waals surface area contributed by atoms with Crippen LogP contribution in [0.2, 0.25) is 0 Å². The number of fused-ring (bicyclic) bond motifs is 3. The molecule has 0 aromatic heterocycles. The lowest BCUT2D eigenvalue weighted by Gasteiger charge is -2.37. The summed E-state index contributed by atoms with van der Waals surface area (Å²) in [5.74, 6) is -1.20. The predicted molar refractivity (Wildman–Crippen MR) is 124 cm³/mol. The van der Waals surface area contributed by atoms with Crippen molar-refractivity contribution >= 4 is 18.0 Å². The summed E-state index contributed by atoms with van der Waals surface area (Å²) in [6.07, 6.45) is 1.53. The Bertz CT molecular complexity index is 1010. The van der Waals surface area contributed by atoms with Gasteiger partial charge >= 0.3 is 12.1 Å². The zero-order chi connectivity index (χ0) is 23.6. The lowest BCUT2D eigenvalue weighted by Crippen LogP contribution is -2.60. The van der Waals surface area contributed by atoms with E-state index in [1.165, 1.54) is 6.92 Å². The Kier molecular flexibility index (Phi) is 6.40. The monoisotopic (exact) mass is 450 g/mol. The van der Waals surface area contributed by atoms with E-state index in [2.05, 4.69) is 29.7 Å². The molecule has 0 bridgehead atoms. The first-order valence-corrected chi connectivity index (χ1v) is 11.5. The number of amides is 2. The molecule has 2 aliphatic rings. The highest BCUT2D eigenvalue weighted by Crippen LogP contribution is 2.44. The van der Waals surface area contributed by atoms with Gasteiger partial charge in [-0.2, -0.15) is 0 Å². The van der Waals surface area contributed by atoms with Gasteiger partial charge in [0.05, 0.1) is 0 Å². The molecule has 33 heavy (non-hydrogen) atoms. The van der Waals surface area contributed by atoms with Crippen molar-refractivity contribution < 1.29 is 24.2 Å². The van der Waals surface area contributed by atoms with E-state index in [0.29, 0.717) is 18.8 Å². The fraction of sp³-hybridized carbons (Fsp3) is 0.423. The second kappa shape index (κ2) is 9.25. The number of aliphatic carboxylic acids is 1. The number of hydrogen-bond acceptors (Lipinski definition) is 4. The Morgan fingerprint density at radius 1 is 1.03 bits per heavy atom. The maximum Gasteiger partial charge on any atom is 0.407 e. The van der Waals surface area contributed by atoms with E-state index in [1.807, 2.05) is 36.4 Å². The van der Waals surface area contributed by atoms with Crippen LogP contribution < -0.4 is 10.6 Å². The van der Waals surface area contributed by atoms with Gasteiger partial charge < -0.3 is 20.5 Å². The number of benzene rings is 2. The van der Waals surface area contributed by atoms with Gasteiger partial charge in [-0.3, -0.25) is 4.79 Å². The second-order valence-corrected chi connectivity index (χ2v) is 9.25. The molecule has 1 fully saturated rings. The Labute approximate surface area is 193 Å². The van der Waals surface area contributed by atoms with Crippen molar-refractivity contribution in [2.24, 2.45) is 5.92 Å². The molecular formula is C26H30N2O5. The zero-order valence-electron chi connectivity index (χ0n) is 19.0. The lowest BCUT2D eigenvalue weighted by molar-refractivity contribution is -0.149. The smallest absolute Gasteiger partial charge is 0.407 e. The van der Waals surface area contributed by atoms with E-state index < -0.39 is 29.6 Å². The van der Waals surface area contributed by atoms with Gasteiger partial charge in [-0.15, -0.1) is 0 Å². The molecule has 2 amide bonds. The molecule has 2 aromatic rings. The van der Waals surface area contributed by atoms with Gasteiger partial charge in [0.1, 0.15) is 18.2 Å². The largest absolute Gasteiger partial charge is 0.480 e. The zero-order valence-corrected chi connectivity index (χ0v) is 19.0. The van der Waals surface area contributed by atoms with Gasteiger partial charge in [-0.05, 0) is 60.8 Å². The first kappa shape index (κ1) is 22.8. The van der Waals surface area contributed by atoms with Gasteiger partial charge in [-0.25, -0.2) is 9.59 Å². The molecule has 2 aromatic carbocycles. The van der Waals surface area contributed by atoms with Crippen LogP contribution in [-0.2, 0) is 14.3 Å². The topological polar surface area (TPSA) is 105 Å². The van der Waals surface area contributed by atoms with Crippen molar-refractivity contribution in [3.63, 3.8) is 0 Å². The molecule has 4 rings (SSSR count). The Hall–Kier alpha value is -3.35. The van der Waals surface area contributed by atoms with Crippen LogP contribution >= 0.6 is 0 Å². The first-order valence-electron chi connectivity index (χ1n) is 11.5. The molecule has 7 nitrogen and oxygen atoms in total. The normalized spacial score (nSPS) is 22.5. The Balaban J connectivity index is 1.35. The molecule has 7 heteroatoms. The maximum atomic E-state index is 12.7. The van der Waals surface area contributed by atoms with E-state index in [1.54, 1.807) is 0 Å². The number of hydrogen-bond donors (Lipinski definition) is 3. The van der Waals surface area contributed by atoms with Gasteiger partial charge in [0.2, 0.25) is 5.91 Å². The number of nitrogens with one attached hydrogen (secondary N) is 2. The van der Waals surface area contributed by atoms with Gasteiger partial charge in [0.25, 0.3) is 0 Å². The minimum Gasteiger partial charge on any atom is -0.480 e. The summed E-state index contributed by atoms with van der Waals surface area (Å²) in [5.41, 5.74) is 3.20. The van der Waals surface area contributed by atoms with E-state index in [-0.39, 0.29) is 12.5 Å². The quantitative estimate of drug-likeness (QED) is 0.616. The van der Waals surface area contributed by atoms with Crippen molar-refractivity contribution in [2.75, 3.05) is 6.61 Å². The Morgan fingerprint density at radius 2 is 1.58 bits per heavy atom. The predicted octanol–water partition coefficient (Wildman–Crippen LogP) is 4.06. The van der Waals surface area contributed by atoms with Crippen LogP contribution in [0, 0.1) is 5.92 Å². The van der Waals surface area contributed by atoms with Gasteiger partial charge in [0, 0.05) is 5.92 Å². The molecular weight excluding hydrogens is 420 g/mol.